The third kappa shape index (κ3) is 1.74. The van der Waals surface area contributed by atoms with Gasteiger partial charge in [0.1, 0.15) is 0 Å². The van der Waals surface area contributed by atoms with Crippen LogP contribution in [0.2, 0.25) is 0 Å². The molecule has 0 aromatic carbocycles. The zero-order valence-electron chi connectivity index (χ0n) is 9.65. The van der Waals surface area contributed by atoms with Gasteiger partial charge in [-0.1, -0.05) is 6.42 Å². The van der Waals surface area contributed by atoms with Crippen molar-refractivity contribution in [2.75, 3.05) is 32.8 Å². The number of hydrogen-bond donors (Lipinski definition) is 1. The molecule has 1 aliphatic carbocycles. The molecule has 16 heavy (non-hydrogen) atoms. The smallest absolute Gasteiger partial charge is 0.228 e. The molecular formula is C12H20N2O2. The first-order valence-corrected chi connectivity index (χ1v) is 6.45. The maximum absolute atomic E-state index is 12.3. The molecule has 1 saturated carbocycles. The highest BCUT2D eigenvalue weighted by molar-refractivity contribution is 5.80. The molecule has 0 aromatic heterocycles. The minimum Gasteiger partial charge on any atom is -0.379 e. The average Bonchev–Trinajstić information content (AvgIpc) is 2.55. The quantitative estimate of drug-likeness (QED) is 0.693. The Bertz CT molecular complexity index is 278. The number of hydrogen-bond acceptors (Lipinski definition) is 3. The first kappa shape index (κ1) is 10.5. The average molecular weight is 224 g/mol. The fourth-order valence-corrected chi connectivity index (χ4v) is 3.16. The summed E-state index contributed by atoms with van der Waals surface area (Å²) in [5.41, 5.74) is 0. The molecule has 2 saturated heterocycles. The van der Waals surface area contributed by atoms with Crippen LogP contribution in [0.5, 0.6) is 0 Å². The molecule has 90 valence electrons. The van der Waals surface area contributed by atoms with Gasteiger partial charge in [0.15, 0.2) is 0 Å². The molecule has 2 atom stereocenters. The lowest BCUT2D eigenvalue weighted by molar-refractivity contribution is -0.139. The molecular weight excluding hydrogens is 204 g/mol. The van der Waals surface area contributed by atoms with Crippen molar-refractivity contribution in [1.82, 2.24) is 10.2 Å². The number of carbonyl (C=O) groups excluding carboxylic acids is 1. The highest BCUT2D eigenvalue weighted by atomic mass is 16.5. The number of rotatable bonds is 1. The summed E-state index contributed by atoms with van der Waals surface area (Å²) in [4.78, 5) is 14.4. The van der Waals surface area contributed by atoms with Gasteiger partial charge in [0, 0.05) is 31.6 Å². The number of carbonyl (C=O) groups is 1. The predicted octanol–water partition coefficient (Wildman–Crippen LogP) is 0.233. The van der Waals surface area contributed by atoms with Crippen molar-refractivity contribution in [2.45, 2.75) is 25.3 Å². The van der Waals surface area contributed by atoms with Gasteiger partial charge in [-0.2, -0.15) is 0 Å². The van der Waals surface area contributed by atoms with E-state index < -0.39 is 0 Å². The summed E-state index contributed by atoms with van der Waals surface area (Å²) >= 11 is 0. The van der Waals surface area contributed by atoms with E-state index >= 15 is 0 Å². The highest BCUT2D eigenvalue weighted by Crippen LogP contribution is 2.32. The van der Waals surface area contributed by atoms with Gasteiger partial charge in [0.2, 0.25) is 5.91 Å². The van der Waals surface area contributed by atoms with Crippen LogP contribution in [0.15, 0.2) is 0 Å². The van der Waals surface area contributed by atoms with Crippen LogP contribution in [0, 0.1) is 11.8 Å². The van der Waals surface area contributed by atoms with E-state index in [9.17, 15) is 4.79 Å². The van der Waals surface area contributed by atoms with Gasteiger partial charge < -0.3 is 15.0 Å². The predicted molar refractivity (Wildman–Crippen MR) is 60.0 cm³/mol. The molecule has 2 heterocycles. The second-order valence-corrected chi connectivity index (χ2v) is 5.22. The SMILES string of the molecule is O=C(C1CNC1)N1CCOC[C@H]2CCC[C@@H]21. The second kappa shape index (κ2) is 4.34. The van der Waals surface area contributed by atoms with Crippen LogP contribution in [0.3, 0.4) is 0 Å². The molecule has 0 aromatic rings. The lowest BCUT2D eigenvalue weighted by atomic mass is 9.98. The molecule has 2 aliphatic heterocycles. The minimum absolute atomic E-state index is 0.236. The van der Waals surface area contributed by atoms with Gasteiger partial charge >= 0.3 is 0 Å². The summed E-state index contributed by atoms with van der Waals surface area (Å²) < 4.78 is 5.61. The molecule has 0 unspecified atom stereocenters. The van der Waals surface area contributed by atoms with Crippen LogP contribution in [0.1, 0.15) is 19.3 Å². The molecule has 4 nitrogen and oxygen atoms in total. The maximum atomic E-state index is 12.3. The Hall–Kier alpha value is -0.610. The van der Waals surface area contributed by atoms with Crippen molar-refractivity contribution in [1.29, 1.82) is 0 Å². The Morgan fingerprint density at radius 1 is 1.31 bits per heavy atom. The van der Waals surface area contributed by atoms with E-state index in [1.165, 1.54) is 19.3 Å². The van der Waals surface area contributed by atoms with Gasteiger partial charge in [-0.3, -0.25) is 4.79 Å². The normalized spacial score (nSPS) is 35.4. The van der Waals surface area contributed by atoms with E-state index in [0.717, 1.165) is 32.8 Å². The highest BCUT2D eigenvalue weighted by Gasteiger charge is 2.39. The molecule has 3 fully saturated rings. The van der Waals surface area contributed by atoms with Gasteiger partial charge in [-0.15, -0.1) is 0 Å². The third-order valence-electron chi connectivity index (χ3n) is 4.24. The fourth-order valence-electron chi connectivity index (χ4n) is 3.16. The Labute approximate surface area is 96.3 Å². The molecule has 1 N–H and O–H groups in total. The monoisotopic (exact) mass is 224 g/mol. The summed E-state index contributed by atoms with van der Waals surface area (Å²) in [5, 5.41) is 3.18. The third-order valence-corrected chi connectivity index (χ3v) is 4.24. The Morgan fingerprint density at radius 2 is 2.19 bits per heavy atom. The van der Waals surface area contributed by atoms with Crippen molar-refractivity contribution in [3.8, 4) is 0 Å². The van der Waals surface area contributed by atoms with Gasteiger partial charge in [0.25, 0.3) is 0 Å². The molecule has 4 heteroatoms. The molecule has 3 rings (SSSR count). The van der Waals surface area contributed by atoms with E-state index in [0.29, 0.717) is 17.9 Å². The maximum Gasteiger partial charge on any atom is 0.228 e. The summed E-state index contributed by atoms with van der Waals surface area (Å²) in [6.07, 6.45) is 3.67. The van der Waals surface area contributed by atoms with Gasteiger partial charge in [0.05, 0.1) is 19.1 Å². The lowest BCUT2D eigenvalue weighted by Crippen LogP contribution is -2.55. The fraction of sp³-hybridized carbons (Fsp3) is 0.917. The molecule has 0 radical (unpaired) electrons. The minimum atomic E-state index is 0.236. The van der Waals surface area contributed by atoms with Crippen LogP contribution in [-0.4, -0.2) is 49.7 Å². The second-order valence-electron chi connectivity index (χ2n) is 5.22. The van der Waals surface area contributed by atoms with Crippen molar-refractivity contribution in [3.05, 3.63) is 0 Å². The van der Waals surface area contributed by atoms with Gasteiger partial charge in [-0.05, 0) is 12.8 Å². The summed E-state index contributed by atoms with van der Waals surface area (Å²) in [7, 11) is 0. The van der Waals surface area contributed by atoms with E-state index in [-0.39, 0.29) is 5.92 Å². The standard InChI is InChI=1S/C12H20N2O2/c15-12(10-6-13-7-10)14-4-5-16-8-9-2-1-3-11(9)14/h9-11,13H,1-8H2/t9-,11+/m1/s1. The van der Waals surface area contributed by atoms with Crippen LogP contribution in [0.4, 0.5) is 0 Å². The van der Waals surface area contributed by atoms with Crippen LogP contribution in [-0.2, 0) is 9.53 Å². The Morgan fingerprint density at radius 3 is 2.94 bits per heavy atom. The summed E-state index contributed by atoms with van der Waals surface area (Å²) in [6, 6.07) is 0.468. The number of nitrogens with zero attached hydrogens (tertiary/aromatic N) is 1. The number of nitrogens with one attached hydrogen (secondary N) is 1. The summed E-state index contributed by atoms with van der Waals surface area (Å²) in [6.45, 7) is 4.12. The number of amides is 1. The van der Waals surface area contributed by atoms with Crippen LogP contribution >= 0.6 is 0 Å². The van der Waals surface area contributed by atoms with Gasteiger partial charge in [-0.25, -0.2) is 0 Å². The van der Waals surface area contributed by atoms with Crippen molar-refractivity contribution >= 4 is 5.91 Å². The number of ether oxygens (including phenoxy) is 1. The van der Waals surface area contributed by atoms with Crippen molar-refractivity contribution in [2.24, 2.45) is 11.8 Å². The van der Waals surface area contributed by atoms with E-state index in [1.807, 2.05) is 0 Å². The first-order valence-electron chi connectivity index (χ1n) is 6.45. The zero-order valence-corrected chi connectivity index (χ0v) is 9.65. The summed E-state index contributed by atoms with van der Waals surface area (Å²) in [5.74, 6) is 1.19. The van der Waals surface area contributed by atoms with E-state index in [1.54, 1.807) is 0 Å². The topological polar surface area (TPSA) is 41.6 Å². The molecule has 3 aliphatic rings. The Balaban J connectivity index is 1.72. The van der Waals surface area contributed by atoms with Crippen LogP contribution < -0.4 is 5.32 Å². The van der Waals surface area contributed by atoms with Crippen molar-refractivity contribution in [3.63, 3.8) is 0 Å². The molecule has 1 amide bonds. The largest absolute Gasteiger partial charge is 0.379 e. The lowest BCUT2D eigenvalue weighted by Gasteiger charge is -2.36. The zero-order chi connectivity index (χ0) is 11.0. The van der Waals surface area contributed by atoms with E-state index in [4.69, 9.17) is 4.74 Å². The molecule has 0 spiro atoms. The van der Waals surface area contributed by atoms with Crippen LogP contribution in [0.25, 0.3) is 0 Å². The molecule has 0 bridgehead atoms. The number of fused-ring (bicyclic) bond motifs is 1. The Kier molecular flexibility index (Phi) is 2.86. The van der Waals surface area contributed by atoms with E-state index in [2.05, 4.69) is 10.2 Å². The van der Waals surface area contributed by atoms with Crippen molar-refractivity contribution < 1.29 is 9.53 Å². The first-order chi connectivity index (χ1) is 7.86.